The summed E-state index contributed by atoms with van der Waals surface area (Å²) in [6.07, 6.45) is -13.1. The first kappa shape index (κ1) is 32.0. The highest BCUT2D eigenvalue weighted by atomic mass is 16.7. The Kier molecular flexibility index (Phi) is 9.38. The topological polar surface area (TPSA) is 261 Å². The minimum Gasteiger partial charge on any atom is -0.571 e. The molecule has 2 saturated heterocycles. The van der Waals surface area contributed by atoms with Gasteiger partial charge in [0.2, 0.25) is 24.4 Å². The standard InChI is InChI=1S/C28H34O16/c1-39-16-4-10(2-3-13(16)32)26-17(42-28-25(38)23(36)21(34)19(9-30)44-28)7-12-14(40-26)5-11(31)6-15(12)41-27-24(37)22(35)20(33)18(8-29)43-27/h2-7,14,18-25,27-38H,8-9H2,1H3/p+1/t14?,18?,19?,20-,21-,22+,23?,24?,25?,27-,28-/m1/s1. The summed E-state index contributed by atoms with van der Waals surface area (Å²) in [5, 5.41) is 102. The Hall–Kier alpha value is -3.42. The predicted molar refractivity (Wildman–Crippen MR) is 144 cm³/mol. The highest BCUT2D eigenvalue weighted by molar-refractivity contribution is 5.69. The summed E-state index contributed by atoms with van der Waals surface area (Å²) < 4.78 is 32.6. The third-order valence-corrected chi connectivity index (χ3v) is 7.64. The third-order valence-electron chi connectivity index (χ3n) is 7.64. The normalized spacial score (nSPS) is 37.2. The molecule has 11 N–H and O–H groups in total. The molecule has 11 atom stereocenters. The molecule has 16 nitrogen and oxygen atoms in total. The Labute approximate surface area is 249 Å². The number of aromatic hydroxyl groups is 1. The Morgan fingerprint density at radius 3 is 1.93 bits per heavy atom. The largest absolute Gasteiger partial charge is 0.571 e. The van der Waals surface area contributed by atoms with E-state index in [4.69, 9.17) is 23.7 Å². The van der Waals surface area contributed by atoms with Crippen LogP contribution < -0.4 is 4.74 Å². The van der Waals surface area contributed by atoms with Crippen molar-refractivity contribution in [3.8, 4) is 11.5 Å². The minimum atomic E-state index is -1.78. The smallest absolute Gasteiger partial charge is 0.305 e. The number of fused-ring (bicyclic) bond motifs is 1. The van der Waals surface area contributed by atoms with E-state index in [1.165, 1.54) is 43.5 Å². The number of aliphatic hydroxyl groups excluding tert-OH is 9. The van der Waals surface area contributed by atoms with Crippen molar-refractivity contribution in [2.24, 2.45) is 0 Å². The van der Waals surface area contributed by atoms with Crippen LogP contribution in [0.4, 0.5) is 0 Å². The van der Waals surface area contributed by atoms with Crippen molar-refractivity contribution in [1.29, 1.82) is 0 Å². The third kappa shape index (κ3) is 5.96. The average Bonchev–Trinajstić information content (AvgIpc) is 3.01. The van der Waals surface area contributed by atoms with E-state index in [-0.39, 0.29) is 40.1 Å². The van der Waals surface area contributed by atoms with Gasteiger partial charge in [0.25, 0.3) is 0 Å². The van der Waals surface area contributed by atoms with Gasteiger partial charge in [0.15, 0.2) is 11.5 Å². The molecule has 3 aliphatic heterocycles. The van der Waals surface area contributed by atoms with Gasteiger partial charge >= 0.3 is 5.76 Å². The number of ether oxygens (including phenoxy) is 6. The van der Waals surface area contributed by atoms with Gasteiger partial charge in [0.1, 0.15) is 60.4 Å². The molecule has 5 rings (SSSR count). The van der Waals surface area contributed by atoms with Gasteiger partial charge in [-0.15, -0.1) is 0 Å². The highest BCUT2D eigenvalue weighted by Gasteiger charge is 2.48. The van der Waals surface area contributed by atoms with Crippen LogP contribution in [0.5, 0.6) is 11.5 Å². The quantitative estimate of drug-likeness (QED) is 0.128. The van der Waals surface area contributed by atoms with Crippen LogP contribution >= 0.6 is 0 Å². The molecule has 16 heteroatoms. The van der Waals surface area contributed by atoms with Crippen molar-refractivity contribution < 1.29 is 79.5 Å². The molecule has 6 unspecified atom stereocenters. The second-order valence-corrected chi connectivity index (χ2v) is 10.5. The zero-order chi connectivity index (χ0) is 31.9. The van der Waals surface area contributed by atoms with Gasteiger partial charge < -0.3 is 79.5 Å². The molecule has 1 aliphatic carbocycles. The second kappa shape index (κ2) is 12.9. The zero-order valence-corrected chi connectivity index (χ0v) is 23.2. The molecular weight excluding hydrogens is 592 g/mol. The van der Waals surface area contributed by atoms with E-state index in [1.54, 1.807) is 0 Å². The number of aliphatic hydroxyl groups is 11. The van der Waals surface area contributed by atoms with Crippen LogP contribution in [0, 0.1) is 0 Å². The summed E-state index contributed by atoms with van der Waals surface area (Å²) in [4.78, 5) is 0. The molecule has 0 aromatic heterocycles. The van der Waals surface area contributed by atoms with E-state index in [1.807, 2.05) is 0 Å². The minimum absolute atomic E-state index is 0.0840. The van der Waals surface area contributed by atoms with Crippen molar-refractivity contribution in [3.63, 3.8) is 0 Å². The molecule has 0 bridgehead atoms. The lowest BCUT2D eigenvalue weighted by molar-refractivity contribution is -0.292. The van der Waals surface area contributed by atoms with E-state index in [0.717, 1.165) is 0 Å². The van der Waals surface area contributed by atoms with Gasteiger partial charge in [0, 0.05) is 18.2 Å². The first-order chi connectivity index (χ1) is 21.0. The van der Waals surface area contributed by atoms with E-state index in [0.29, 0.717) is 5.56 Å². The van der Waals surface area contributed by atoms with Gasteiger partial charge in [-0.25, -0.2) is 0 Å². The van der Waals surface area contributed by atoms with Crippen LogP contribution in [-0.4, -0.2) is 144 Å². The lowest BCUT2D eigenvalue weighted by atomic mass is 9.96. The maximum atomic E-state index is 10.6. The number of rotatable bonds is 8. The summed E-state index contributed by atoms with van der Waals surface area (Å²) in [6, 6.07) is 4.26. The lowest BCUT2D eigenvalue weighted by Gasteiger charge is -2.41. The molecule has 242 valence electrons. The molecule has 0 saturated carbocycles. The number of allylic oxidation sites excluding steroid dienone is 2. The fourth-order valence-corrected chi connectivity index (χ4v) is 5.15. The monoisotopic (exact) mass is 627 g/mol. The number of phenolic OH excluding ortho intramolecular Hbond substituents is 1. The highest BCUT2D eigenvalue weighted by Crippen LogP contribution is 2.40. The lowest BCUT2D eigenvalue weighted by Crippen LogP contribution is -2.59. The number of benzene rings is 1. The fraction of sp³-hybridized carbons (Fsp3) is 0.500. The molecule has 44 heavy (non-hydrogen) atoms. The molecular formula is C28H35O16+. The van der Waals surface area contributed by atoms with Crippen LogP contribution in [0.2, 0.25) is 0 Å². The van der Waals surface area contributed by atoms with Crippen LogP contribution in [0.15, 0.2) is 59.3 Å². The van der Waals surface area contributed by atoms with Gasteiger partial charge in [0.05, 0.1) is 37.5 Å². The van der Waals surface area contributed by atoms with Gasteiger partial charge in [-0.1, -0.05) is 0 Å². The molecule has 1 aromatic carbocycles. The number of hydrogen-bond acceptors (Lipinski definition) is 15. The van der Waals surface area contributed by atoms with Crippen molar-refractivity contribution in [1.82, 2.24) is 0 Å². The van der Waals surface area contributed by atoms with Crippen molar-refractivity contribution >= 4 is 5.76 Å². The number of hydrogen-bond donors (Lipinski definition) is 10. The molecule has 3 heterocycles. The Balaban J connectivity index is 1.54. The predicted octanol–water partition coefficient (Wildman–Crippen LogP) is -3.12. The van der Waals surface area contributed by atoms with Crippen LogP contribution in [0.25, 0.3) is 5.76 Å². The first-order valence-corrected chi connectivity index (χ1v) is 13.6. The van der Waals surface area contributed by atoms with E-state index in [2.05, 4.69) is 4.74 Å². The van der Waals surface area contributed by atoms with Crippen LogP contribution in [-0.2, 0) is 18.9 Å². The summed E-state index contributed by atoms with van der Waals surface area (Å²) in [6.45, 7) is -1.40. The molecule has 0 amide bonds. The second-order valence-electron chi connectivity index (χ2n) is 10.5. The Morgan fingerprint density at radius 2 is 1.36 bits per heavy atom. The van der Waals surface area contributed by atoms with E-state index < -0.39 is 80.7 Å². The van der Waals surface area contributed by atoms with Crippen molar-refractivity contribution in [3.05, 3.63) is 64.8 Å². The summed E-state index contributed by atoms with van der Waals surface area (Å²) in [7, 11) is 1.34. The first-order valence-electron chi connectivity index (χ1n) is 13.6. The number of phenols is 1. The van der Waals surface area contributed by atoms with E-state index >= 15 is 0 Å². The van der Waals surface area contributed by atoms with Gasteiger partial charge in [-0.3, -0.25) is 0 Å². The summed E-state index contributed by atoms with van der Waals surface area (Å²) in [5.74, 6) is -0.482. The molecule has 4 aliphatic rings. The van der Waals surface area contributed by atoms with Gasteiger partial charge in [-0.2, -0.15) is 0 Å². The molecule has 1 aromatic rings. The van der Waals surface area contributed by atoms with Crippen molar-refractivity contribution in [2.75, 3.05) is 20.3 Å². The summed E-state index contributed by atoms with van der Waals surface area (Å²) >= 11 is 0. The maximum absolute atomic E-state index is 10.6. The SMILES string of the molecule is COc1cc(C2=C(O[C@@H]3OC(CO)[C@@H](O)C(O)C3O)C=C3C(O[C@@H]4OC(CO)[C@@H](O)[C@H](O)C4O)=CC(O)=CC3[OH+]2)ccc1O. The average molecular weight is 628 g/mol. The Morgan fingerprint density at radius 1 is 0.773 bits per heavy atom. The summed E-state index contributed by atoms with van der Waals surface area (Å²) in [5.41, 5.74) is 0.558. The molecule has 0 spiro atoms. The fourth-order valence-electron chi connectivity index (χ4n) is 5.15. The van der Waals surface area contributed by atoms with E-state index in [9.17, 15) is 51.1 Å². The Bertz CT molecular complexity index is 1330. The zero-order valence-electron chi connectivity index (χ0n) is 23.2. The van der Waals surface area contributed by atoms with Crippen LogP contribution in [0.3, 0.4) is 0 Å². The van der Waals surface area contributed by atoms with Crippen LogP contribution in [0.1, 0.15) is 5.56 Å². The molecule has 0 radical (unpaired) electrons. The number of methoxy groups -OCH3 is 1. The van der Waals surface area contributed by atoms with Crippen molar-refractivity contribution in [2.45, 2.75) is 67.5 Å². The maximum Gasteiger partial charge on any atom is 0.305 e. The molecule has 2 fully saturated rings. The van der Waals surface area contributed by atoms with Gasteiger partial charge in [-0.05, 0) is 12.1 Å².